The Bertz CT molecular complexity index is 397. The SMILES string of the molecule is CC(O)C1CCN(Cc2cc(Cl)ccc2F)C1. The highest BCUT2D eigenvalue weighted by molar-refractivity contribution is 6.30. The Morgan fingerprint density at radius 1 is 1.59 bits per heavy atom. The summed E-state index contributed by atoms with van der Waals surface area (Å²) in [4.78, 5) is 2.16. The minimum Gasteiger partial charge on any atom is -0.393 e. The summed E-state index contributed by atoms with van der Waals surface area (Å²) < 4.78 is 13.5. The molecular weight excluding hydrogens is 241 g/mol. The number of halogens is 2. The van der Waals surface area contributed by atoms with Gasteiger partial charge < -0.3 is 5.11 Å². The van der Waals surface area contributed by atoms with E-state index in [0.29, 0.717) is 23.0 Å². The van der Waals surface area contributed by atoms with E-state index in [4.69, 9.17) is 11.6 Å². The van der Waals surface area contributed by atoms with Crippen LogP contribution in [0.1, 0.15) is 18.9 Å². The van der Waals surface area contributed by atoms with Gasteiger partial charge in [0.25, 0.3) is 0 Å². The van der Waals surface area contributed by atoms with Gasteiger partial charge >= 0.3 is 0 Å². The normalized spacial score (nSPS) is 22.9. The molecule has 1 N–H and O–H groups in total. The lowest BCUT2D eigenvalue weighted by Crippen LogP contribution is -2.24. The Labute approximate surface area is 106 Å². The molecule has 0 spiro atoms. The number of likely N-dealkylation sites (tertiary alicyclic amines) is 1. The third-order valence-corrected chi connectivity index (χ3v) is 3.63. The predicted octanol–water partition coefficient (Wildman–Crippen LogP) is 2.68. The van der Waals surface area contributed by atoms with Gasteiger partial charge in [0.2, 0.25) is 0 Å². The predicted molar refractivity (Wildman–Crippen MR) is 66.5 cm³/mol. The van der Waals surface area contributed by atoms with E-state index in [1.165, 1.54) is 6.07 Å². The van der Waals surface area contributed by atoms with Crippen LogP contribution in [0.4, 0.5) is 4.39 Å². The molecule has 0 radical (unpaired) electrons. The molecule has 1 aliphatic heterocycles. The van der Waals surface area contributed by atoms with Crippen molar-refractivity contribution in [3.8, 4) is 0 Å². The van der Waals surface area contributed by atoms with E-state index in [2.05, 4.69) is 4.90 Å². The highest BCUT2D eigenvalue weighted by atomic mass is 35.5. The van der Waals surface area contributed by atoms with Crippen LogP contribution in [0.15, 0.2) is 18.2 Å². The van der Waals surface area contributed by atoms with Crippen molar-refractivity contribution in [3.63, 3.8) is 0 Å². The van der Waals surface area contributed by atoms with E-state index in [1.54, 1.807) is 12.1 Å². The van der Waals surface area contributed by atoms with Gasteiger partial charge in [0.15, 0.2) is 0 Å². The molecule has 0 amide bonds. The first-order valence-corrected chi connectivity index (χ1v) is 6.28. The largest absolute Gasteiger partial charge is 0.393 e. The second-order valence-corrected chi connectivity index (χ2v) is 5.20. The molecular formula is C13H17ClFNO. The van der Waals surface area contributed by atoms with Gasteiger partial charge in [0.05, 0.1) is 6.10 Å². The van der Waals surface area contributed by atoms with E-state index in [9.17, 15) is 9.50 Å². The Morgan fingerprint density at radius 2 is 2.35 bits per heavy atom. The van der Waals surface area contributed by atoms with E-state index in [-0.39, 0.29) is 11.9 Å². The molecule has 94 valence electrons. The third-order valence-electron chi connectivity index (χ3n) is 3.39. The Morgan fingerprint density at radius 3 is 3.00 bits per heavy atom. The molecule has 2 rings (SSSR count). The lowest BCUT2D eigenvalue weighted by molar-refractivity contribution is 0.127. The molecule has 2 atom stereocenters. The van der Waals surface area contributed by atoms with Crippen molar-refractivity contribution in [2.75, 3.05) is 13.1 Å². The van der Waals surface area contributed by atoms with Crippen molar-refractivity contribution in [2.45, 2.75) is 26.0 Å². The maximum atomic E-state index is 13.5. The van der Waals surface area contributed by atoms with Crippen molar-refractivity contribution >= 4 is 11.6 Å². The quantitative estimate of drug-likeness (QED) is 0.900. The molecule has 2 nitrogen and oxygen atoms in total. The van der Waals surface area contributed by atoms with E-state index in [1.807, 2.05) is 6.92 Å². The summed E-state index contributed by atoms with van der Waals surface area (Å²) in [6, 6.07) is 4.63. The van der Waals surface area contributed by atoms with Crippen LogP contribution in [0.5, 0.6) is 0 Å². The first kappa shape index (κ1) is 12.8. The molecule has 1 heterocycles. The molecule has 0 bridgehead atoms. The van der Waals surface area contributed by atoms with Crippen LogP contribution in [-0.4, -0.2) is 29.2 Å². The second kappa shape index (κ2) is 5.34. The van der Waals surface area contributed by atoms with Crippen LogP contribution < -0.4 is 0 Å². The number of benzene rings is 1. The number of rotatable bonds is 3. The van der Waals surface area contributed by atoms with Gasteiger partial charge in [-0.2, -0.15) is 0 Å². The van der Waals surface area contributed by atoms with Crippen molar-refractivity contribution in [1.82, 2.24) is 4.90 Å². The standard InChI is InChI=1S/C13H17ClFNO/c1-9(17)10-4-5-16(7-10)8-11-6-12(14)2-3-13(11)15/h2-3,6,9-10,17H,4-5,7-8H2,1H3. The average molecular weight is 258 g/mol. The molecule has 1 saturated heterocycles. The Kier molecular flexibility index (Phi) is 4.02. The minimum absolute atomic E-state index is 0.213. The van der Waals surface area contributed by atoms with Crippen molar-refractivity contribution < 1.29 is 9.50 Å². The molecule has 1 fully saturated rings. The average Bonchev–Trinajstić information content (AvgIpc) is 2.72. The Balaban J connectivity index is 2.00. The summed E-state index contributed by atoms with van der Waals surface area (Å²) in [5.41, 5.74) is 0.628. The topological polar surface area (TPSA) is 23.5 Å². The monoisotopic (exact) mass is 257 g/mol. The number of aliphatic hydroxyl groups is 1. The molecule has 1 aromatic carbocycles. The maximum absolute atomic E-state index is 13.5. The Hall–Kier alpha value is -0.640. The highest BCUT2D eigenvalue weighted by Crippen LogP contribution is 2.23. The van der Waals surface area contributed by atoms with Crippen LogP contribution in [0.25, 0.3) is 0 Å². The zero-order chi connectivity index (χ0) is 12.4. The fraction of sp³-hybridized carbons (Fsp3) is 0.538. The molecule has 1 aliphatic rings. The summed E-state index contributed by atoms with van der Waals surface area (Å²) in [7, 11) is 0. The first-order chi connectivity index (χ1) is 8.06. The summed E-state index contributed by atoms with van der Waals surface area (Å²) in [5, 5.41) is 10.1. The number of aliphatic hydroxyl groups excluding tert-OH is 1. The number of hydrogen-bond acceptors (Lipinski definition) is 2. The van der Waals surface area contributed by atoms with Crippen LogP contribution >= 0.6 is 11.6 Å². The number of hydrogen-bond donors (Lipinski definition) is 1. The molecule has 0 aromatic heterocycles. The lowest BCUT2D eigenvalue weighted by atomic mass is 10.0. The molecule has 17 heavy (non-hydrogen) atoms. The zero-order valence-electron chi connectivity index (χ0n) is 9.87. The van der Waals surface area contributed by atoms with Crippen molar-refractivity contribution in [1.29, 1.82) is 0 Å². The van der Waals surface area contributed by atoms with E-state index in [0.717, 1.165) is 19.5 Å². The summed E-state index contributed by atoms with van der Waals surface area (Å²) in [5.74, 6) is 0.0899. The second-order valence-electron chi connectivity index (χ2n) is 4.76. The molecule has 4 heteroatoms. The molecule has 0 aliphatic carbocycles. The molecule has 1 aromatic rings. The van der Waals surface area contributed by atoms with Crippen LogP contribution in [-0.2, 0) is 6.54 Å². The highest BCUT2D eigenvalue weighted by Gasteiger charge is 2.26. The van der Waals surface area contributed by atoms with Crippen LogP contribution in [0, 0.1) is 11.7 Å². The van der Waals surface area contributed by atoms with E-state index >= 15 is 0 Å². The fourth-order valence-electron chi connectivity index (χ4n) is 2.31. The zero-order valence-corrected chi connectivity index (χ0v) is 10.6. The van der Waals surface area contributed by atoms with Gasteiger partial charge in [-0.15, -0.1) is 0 Å². The van der Waals surface area contributed by atoms with Gasteiger partial charge in [-0.3, -0.25) is 4.90 Å². The van der Waals surface area contributed by atoms with Crippen molar-refractivity contribution in [2.24, 2.45) is 5.92 Å². The van der Waals surface area contributed by atoms with Crippen LogP contribution in [0.2, 0.25) is 5.02 Å². The third kappa shape index (κ3) is 3.18. The fourth-order valence-corrected chi connectivity index (χ4v) is 2.50. The molecule has 0 saturated carbocycles. The minimum atomic E-state index is -0.288. The summed E-state index contributed by atoms with van der Waals surface area (Å²) >= 11 is 5.86. The first-order valence-electron chi connectivity index (χ1n) is 5.90. The van der Waals surface area contributed by atoms with Gasteiger partial charge in [0.1, 0.15) is 5.82 Å². The number of nitrogens with zero attached hydrogens (tertiary/aromatic N) is 1. The molecule has 2 unspecified atom stereocenters. The lowest BCUT2D eigenvalue weighted by Gasteiger charge is -2.17. The van der Waals surface area contributed by atoms with E-state index < -0.39 is 0 Å². The maximum Gasteiger partial charge on any atom is 0.127 e. The smallest absolute Gasteiger partial charge is 0.127 e. The summed E-state index contributed by atoms with van der Waals surface area (Å²) in [6.45, 7) is 4.11. The van der Waals surface area contributed by atoms with Gasteiger partial charge in [-0.1, -0.05) is 11.6 Å². The van der Waals surface area contributed by atoms with Gasteiger partial charge in [0, 0.05) is 23.7 Å². The summed E-state index contributed by atoms with van der Waals surface area (Å²) in [6.07, 6.45) is 0.684. The van der Waals surface area contributed by atoms with Gasteiger partial charge in [-0.25, -0.2) is 4.39 Å². The van der Waals surface area contributed by atoms with Gasteiger partial charge in [-0.05, 0) is 44.0 Å². The van der Waals surface area contributed by atoms with Crippen molar-refractivity contribution in [3.05, 3.63) is 34.6 Å². The van der Waals surface area contributed by atoms with Crippen LogP contribution in [0.3, 0.4) is 0 Å².